The number of Topliss-reactive ketones (excluding diaryl/α,β-unsaturated/α-hetero) is 1. The second kappa shape index (κ2) is 17.6. The normalized spacial score (nSPS) is 13.4. The van der Waals surface area contributed by atoms with Crippen molar-refractivity contribution in [2.75, 3.05) is 12.0 Å². The van der Waals surface area contributed by atoms with Gasteiger partial charge in [0.05, 0.1) is 6.04 Å². The molecule has 38 heavy (non-hydrogen) atoms. The Morgan fingerprint density at radius 2 is 1.37 bits per heavy atom. The van der Waals surface area contributed by atoms with Crippen LogP contribution in [0.15, 0.2) is 30.3 Å². The Hall–Kier alpha value is -2.88. The summed E-state index contributed by atoms with van der Waals surface area (Å²) < 4.78 is 0. The number of carbonyl (C=O) groups excluding carboxylic acids is 5. The summed E-state index contributed by atoms with van der Waals surface area (Å²) in [6.07, 6.45) is 3.64. The summed E-state index contributed by atoms with van der Waals surface area (Å²) in [7, 11) is 0. The minimum Gasteiger partial charge on any atom is -0.345 e. The van der Waals surface area contributed by atoms with Gasteiger partial charge in [0, 0.05) is 13.5 Å². The number of thioether (sulfide) groups is 1. The molecule has 0 fully saturated rings. The number of benzene rings is 1. The van der Waals surface area contributed by atoms with Crippen molar-refractivity contribution in [3.05, 3.63) is 35.9 Å². The van der Waals surface area contributed by atoms with Gasteiger partial charge < -0.3 is 21.3 Å². The summed E-state index contributed by atoms with van der Waals surface area (Å²) in [5.41, 5.74) is 0.851. The lowest BCUT2D eigenvalue weighted by molar-refractivity contribution is -0.140. The average Bonchev–Trinajstić information content (AvgIpc) is 2.86. The monoisotopic (exact) mass is 548 g/mol. The molecule has 1 rings (SSSR count). The highest BCUT2D eigenvalue weighted by molar-refractivity contribution is 7.98. The van der Waals surface area contributed by atoms with Crippen molar-refractivity contribution in [1.29, 1.82) is 0 Å². The summed E-state index contributed by atoms with van der Waals surface area (Å²) in [4.78, 5) is 63.6. The number of hydrogen-bond acceptors (Lipinski definition) is 6. The van der Waals surface area contributed by atoms with E-state index in [1.807, 2.05) is 64.3 Å². The highest BCUT2D eigenvalue weighted by Crippen LogP contribution is 2.11. The average molecular weight is 549 g/mol. The Kier molecular flexibility index (Phi) is 15.3. The van der Waals surface area contributed by atoms with Gasteiger partial charge in [-0.25, -0.2) is 0 Å². The van der Waals surface area contributed by atoms with Crippen LogP contribution in [0.25, 0.3) is 0 Å². The molecule has 3 atom stereocenters. The molecule has 10 heteroatoms. The Bertz CT molecular complexity index is 923. The summed E-state index contributed by atoms with van der Waals surface area (Å²) >= 11 is 1.50. The smallest absolute Gasteiger partial charge is 0.289 e. The Morgan fingerprint density at radius 1 is 0.763 bits per heavy atom. The molecule has 0 aromatic heterocycles. The molecular formula is C28H44N4O5S. The van der Waals surface area contributed by atoms with E-state index in [0.29, 0.717) is 24.5 Å². The summed E-state index contributed by atoms with van der Waals surface area (Å²) in [5, 5.41) is 10.8. The van der Waals surface area contributed by atoms with Crippen LogP contribution < -0.4 is 21.3 Å². The molecule has 0 aliphatic heterocycles. The van der Waals surface area contributed by atoms with Crippen LogP contribution in [-0.2, 0) is 30.5 Å². The van der Waals surface area contributed by atoms with Crippen molar-refractivity contribution in [2.45, 2.75) is 85.0 Å². The van der Waals surface area contributed by atoms with Gasteiger partial charge in [0.1, 0.15) is 12.1 Å². The molecule has 9 nitrogen and oxygen atoms in total. The number of nitrogens with one attached hydrogen (secondary N) is 4. The quantitative estimate of drug-likeness (QED) is 0.221. The topological polar surface area (TPSA) is 133 Å². The predicted octanol–water partition coefficient (Wildman–Crippen LogP) is 2.58. The van der Waals surface area contributed by atoms with E-state index in [0.717, 1.165) is 12.0 Å². The van der Waals surface area contributed by atoms with E-state index in [-0.39, 0.29) is 24.8 Å². The maximum Gasteiger partial charge on any atom is 0.289 e. The van der Waals surface area contributed by atoms with Crippen LogP contribution in [0.2, 0.25) is 0 Å². The van der Waals surface area contributed by atoms with Gasteiger partial charge in [-0.2, -0.15) is 11.8 Å². The second-order valence-corrected chi connectivity index (χ2v) is 11.3. The zero-order chi connectivity index (χ0) is 28.7. The first-order chi connectivity index (χ1) is 17.9. The van der Waals surface area contributed by atoms with Gasteiger partial charge in [-0.3, -0.25) is 24.0 Å². The van der Waals surface area contributed by atoms with Gasteiger partial charge in [-0.1, -0.05) is 58.0 Å². The van der Waals surface area contributed by atoms with Gasteiger partial charge in [0.15, 0.2) is 0 Å². The van der Waals surface area contributed by atoms with Crippen molar-refractivity contribution >= 4 is 41.2 Å². The van der Waals surface area contributed by atoms with Crippen LogP contribution in [0.3, 0.4) is 0 Å². The lowest BCUT2D eigenvalue weighted by Gasteiger charge is -2.26. The van der Waals surface area contributed by atoms with E-state index in [9.17, 15) is 24.0 Å². The molecule has 212 valence electrons. The maximum absolute atomic E-state index is 13.3. The number of carbonyl (C=O) groups is 5. The maximum atomic E-state index is 13.3. The molecule has 0 unspecified atom stereocenters. The Balaban J connectivity index is 2.97. The largest absolute Gasteiger partial charge is 0.345 e. The van der Waals surface area contributed by atoms with Crippen molar-refractivity contribution < 1.29 is 24.0 Å². The van der Waals surface area contributed by atoms with E-state index >= 15 is 0 Å². The van der Waals surface area contributed by atoms with E-state index in [1.165, 1.54) is 18.7 Å². The standard InChI is InChI=1S/C28H44N4O5S/c1-18(2)12-13-23(30-20(5)33)26(35)32-24(16-19(3)4)27(36)31-22(14-15-38-6)25(34)28(37)29-17-21-10-8-7-9-11-21/h7-11,18-19,22-24H,12-17H2,1-6H3,(H,29,37)(H,30,33)(H,31,36)(H,32,35)/t22-,23-,24-/m0/s1. The fourth-order valence-corrected chi connectivity index (χ4v) is 4.26. The highest BCUT2D eigenvalue weighted by Gasteiger charge is 2.31. The molecule has 0 saturated carbocycles. The zero-order valence-electron chi connectivity index (χ0n) is 23.5. The van der Waals surface area contributed by atoms with Crippen LogP contribution in [-0.4, -0.2) is 59.5 Å². The van der Waals surface area contributed by atoms with Crippen LogP contribution in [0.5, 0.6) is 0 Å². The lowest BCUT2D eigenvalue weighted by atomic mass is 9.99. The van der Waals surface area contributed by atoms with Crippen molar-refractivity contribution in [3.63, 3.8) is 0 Å². The van der Waals surface area contributed by atoms with Crippen LogP contribution >= 0.6 is 11.8 Å². The van der Waals surface area contributed by atoms with Gasteiger partial charge in [-0.05, 0) is 55.1 Å². The molecule has 4 N–H and O–H groups in total. The minimum absolute atomic E-state index is 0.0652. The van der Waals surface area contributed by atoms with Crippen molar-refractivity contribution in [1.82, 2.24) is 21.3 Å². The molecule has 0 bridgehead atoms. The molecule has 0 aliphatic rings. The number of hydrogen-bond donors (Lipinski definition) is 4. The van der Waals surface area contributed by atoms with E-state index < -0.39 is 41.6 Å². The molecule has 4 amide bonds. The fraction of sp³-hybridized carbons (Fsp3) is 0.607. The van der Waals surface area contributed by atoms with Crippen molar-refractivity contribution in [3.8, 4) is 0 Å². The first kappa shape index (κ1) is 33.1. The predicted molar refractivity (Wildman–Crippen MR) is 151 cm³/mol. The molecule has 0 heterocycles. The molecule has 1 aromatic rings. The van der Waals surface area contributed by atoms with Gasteiger partial charge in [0.2, 0.25) is 23.5 Å². The molecule has 0 saturated heterocycles. The second-order valence-electron chi connectivity index (χ2n) is 10.3. The van der Waals surface area contributed by atoms with Crippen LogP contribution in [0, 0.1) is 11.8 Å². The molecule has 0 radical (unpaired) electrons. The third kappa shape index (κ3) is 13.1. The number of amides is 4. The third-order valence-corrected chi connectivity index (χ3v) is 6.47. The van der Waals surface area contributed by atoms with Gasteiger partial charge in [0.25, 0.3) is 5.91 Å². The summed E-state index contributed by atoms with van der Waals surface area (Å²) in [6.45, 7) is 9.44. The van der Waals surface area contributed by atoms with E-state index in [4.69, 9.17) is 0 Å². The molecule has 0 spiro atoms. The molecular weight excluding hydrogens is 504 g/mol. The fourth-order valence-electron chi connectivity index (χ4n) is 3.79. The van der Waals surface area contributed by atoms with Gasteiger partial charge >= 0.3 is 0 Å². The SMILES string of the molecule is CSCC[C@H](NC(=O)[C@H](CC(C)C)NC(=O)[C@H](CCC(C)C)NC(C)=O)C(=O)C(=O)NCc1ccccc1. The number of rotatable bonds is 17. The summed E-state index contributed by atoms with van der Waals surface area (Å²) in [5.74, 6) is -1.86. The Labute approximate surface area is 231 Å². The van der Waals surface area contributed by atoms with Crippen molar-refractivity contribution in [2.24, 2.45) is 11.8 Å². The van der Waals surface area contributed by atoms with Crippen LogP contribution in [0.4, 0.5) is 0 Å². The first-order valence-electron chi connectivity index (χ1n) is 13.2. The minimum atomic E-state index is -1.02. The molecule has 1 aromatic carbocycles. The Morgan fingerprint density at radius 3 is 1.92 bits per heavy atom. The highest BCUT2D eigenvalue weighted by atomic mass is 32.2. The summed E-state index contributed by atoms with van der Waals surface area (Å²) in [6, 6.07) is 6.51. The zero-order valence-corrected chi connectivity index (χ0v) is 24.3. The first-order valence-corrected chi connectivity index (χ1v) is 14.6. The lowest BCUT2D eigenvalue weighted by Crippen LogP contribution is -2.57. The van der Waals surface area contributed by atoms with E-state index in [2.05, 4.69) is 21.3 Å². The molecule has 0 aliphatic carbocycles. The number of ketones is 1. The van der Waals surface area contributed by atoms with Crippen LogP contribution in [0.1, 0.15) is 65.9 Å². The third-order valence-electron chi connectivity index (χ3n) is 5.83. The van der Waals surface area contributed by atoms with Gasteiger partial charge in [-0.15, -0.1) is 0 Å². The van der Waals surface area contributed by atoms with E-state index in [1.54, 1.807) is 0 Å².